The Kier molecular flexibility index (Phi) is 8.67. The van der Waals surface area contributed by atoms with Crippen LogP contribution in [-0.2, 0) is 22.4 Å². The zero-order valence-electron chi connectivity index (χ0n) is 16.6. The highest BCUT2D eigenvalue weighted by Gasteiger charge is 2.20. The first-order valence-corrected chi connectivity index (χ1v) is 10.8. The number of carbonyl (C=O) groups excluding carboxylic acids is 2. The fourth-order valence-electron chi connectivity index (χ4n) is 2.79. The van der Waals surface area contributed by atoms with E-state index in [4.69, 9.17) is 0 Å². The summed E-state index contributed by atoms with van der Waals surface area (Å²) in [5.74, 6) is -0.993. The van der Waals surface area contributed by atoms with Crippen molar-refractivity contribution in [1.82, 2.24) is 10.6 Å². The van der Waals surface area contributed by atoms with Crippen molar-refractivity contribution in [3.8, 4) is 23.0 Å². The van der Waals surface area contributed by atoms with Crippen LogP contribution in [0.5, 0.6) is 23.0 Å². The molecule has 8 nitrogen and oxygen atoms in total. The molecule has 30 heavy (non-hydrogen) atoms. The Bertz CT molecular complexity index is 890. The van der Waals surface area contributed by atoms with Gasteiger partial charge in [-0.2, -0.15) is 11.8 Å². The molecule has 2 rings (SSSR count). The summed E-state index contributed by atoms with van der Waals surface area (Å²) in [6.45, 7) is 0.306. The number of amides is 2. The molecule has 1 atom stereocenters. The first-order chi connectivity index (χ1) is 14.3. The minimum Gasteiger partial charge on any atom is -0.504 e. The van der Waals surface area contributed by atoms with Crippen LogP contribution < -0.4 is 10.6 Å². The van der Waals surface area contributed by atoms with Gasteiger partial charge in [0.05, 0.1) is 6.42 Å². The summed E-state index contributed by atoms with van der Waals surface area (Å²) >= 11 is 1.56. The van der Waals surface area contributed by atoms with Gasteiger partial charge < -0.3 is 31.1 Å². The predicted molar refractivity (Wildman–Crippen MR) is 115 cm³/mol. The average Bonchev–Trinajstić information content (AvgIpc) is 2.70. The minimum atomic E-state index is -0.705. The van der Waals surface area contributed by atoms with Crippen LogP contribution in [0.15, 0.2) is 36.4 Å². The second-order valence-electron chi connectivity index (χ2n) is 6.77. The summed E-state index contributed by atoms with van der Waals surface area (Å²) in [6, 6.07) is 7.90. The largest absolute Gasteiger partial charge is 0.504 e. The number of thioether (sulfide) groups is 1. The van der Waals surface area contributed by atoms with Gasteiger partial charge in [0.15, 0.2) is 23.0 Å². The maximum absolute atomic E-state index is 12.5. The number of hydrogen-bond acceptors (Lipinski definition) is 7. The van der Waals surface area contributed by atoms with Crippen LogP contribution in [0.2, 0.25) is 0 Å². The molecule has 0 saturated heterocycles. The molecule has 162 valence electrons. The molecule has 0 bridgehead atoms. The standard InChI is InChI=1S/C21H26N2O6S/c1-30-9-7-15(23-20(28)12-14-3-5-17(25)19(27)11-14)21(29)22-8-6-13-2-4-16(24)18(26)10-13/h2-5,10-11,15,24-27H,6-9,12H2,1H3,(H,22,29)(H,23,28)/t15-/m0/s1. The maximum atomic E-state index is 12.5. The SMILES string of the molecule is CSCC[C@H](NC(=O)Cc1ccc(O)c(O)c1)C(=O)NCCc1ccc(O)c(O)c1. The van der Waals surface area contributed by atoms with Crippen LogP contribution in [0.25, 0.3) is 0 Å². The van der Waals surface area contributed by atoms with Gasteiger partial charge in [-0.1, -0.05) is 12.1 Å². The van der Waals surface area contributed by atoms with E-state index in [0.717, 1.165) is 5.56 Å². The van der Waals surface area contributed by atoms with Crippen molar-refractivity contribution in [1.29, 1.82) is 0 Å². The van der Waals surface area contributed by atoms with E-state index in [1.807, 2.05) is 6.26 Å². The third-order valence-corrected chi connectivity index (χ3v) is 5.06. The lowest BCUT2D eigenvalue weighted by molar-refractivity contribution is -0.128. The van der Waals surface area contributed by atoms with Gasteiger partial charge >= 0.3 is 0 Å². The number of hydrogen-bond donors (Lipinski definition) is 6. The number of aromatic hydroxyl groups is 4. The predicted octanol–water partition coefficient (Wildman–Crippen LogP) is 1.65. The van der Waals surface area contributed by atoms with Gasteiger partial charge in [-0.3, -0.25) is 9.59 Å². The van der Waals surface area contributed by atoms with E-state index in [0.29, 0.717) is 30.7 Å². The molecule has 2 amide bonds. The normalized spacial score (nSPS) is 11.6. The summed E-state index contributed by atoms with van der Waals surface area (Å²) < 4.78 is 0. The Morgan fingerprint density at radius 1 is 0.933 bits per heavy atom. The second kappa shape index (κ2) is 11.2. The summed E-state index contributed by atoms with van der Waals surface area (Å²) in [4.78, 5) is 24.9. The first kappa shape index (κ1) is 23.2. The van der Waals surface area contributed by atoms with Crippen molar-refractivity contribution in [2.75, 3.05) is 18.6 Å². The van der Waals surface area contributed by atoms with Crippen LogP contribution in [0.1, 0.15) is 17.5 Å². The smallest absolute Gasteiger partial charge is 0.242 e. The van der Waals surface area contributed by atoms with E-state index in [1.165, 1.54) is 30.3 Å². The highest BCUT2D eigenvalue weighted by Crippen LogP contribution is 2.25. The van der Waals surface area contributed by atoms with Gasteiger partial charge in [-0.05, 0) is 60.2 Å². The number of phenolic OH excluding ortho intramolecular Hbond substituents is 4. The molecular formula is C21H26N2O6S. The van der Waals surface area contributed by atoms with Crippen molar-refractivity contribution >= 4 is 23.6 Å². The number of benzene rings is 2. The molecular weight excluding hydrogens is 408 g/mol. The molecule has 0 aliphatic carbocycles. The Labute approximate surface area is 178 Å². The van der Waals surface area contributed by atoms with Crippen molar-refractivity contribution in [3.63, 3.8) is 0 Å². The molecule has 2 aromatic rings. The summed E-state index contributed by atoms with van der Waals surface area (Å²) in [7, 11) is 0. The van der Waals surface area contributed by atoms with Gasteiger partial charge in [0.25, 0.3) is 0 Å². The molecule has 0 radical (unpaired) electrons. The first-order valence-electron chi connectivity index (χ1n) is 9.38. The third kappa shape index (κ3) is 7.07. The number of phenols is 4. The molecule has 0 aliphatic rings. The van der Waals surface area contributed by atoms with Gasteiger partial charge in [-0.15, -0.1) is 0 Å². The molecule has 2 aromatic carbocycles. The second-order valence-corrected chi connectivity index (χ2v) is 7.75. The number of carbonyl (C=O) groups is 2. The van der Waals surface area contributed by atoms with E-state index in [-0.39, 0.29) is 41.2 Å². The van der Waals surface area contributed by atoms with Crippen molar-refractivity contribution in [2.24, 2.45) is 0 Å². The lowest BCUT2D eigenvalue weighted by Gasteiger charge is -2.18. The van der Waals surface area contributed by atoms with E-state index in [2.05, 4.69) is 10.6 Å². The van der Waals surface area contributed by atoms with Crippen LogP contribution in [0, 0.1) is 0 Å². The van der Waals surface area contributed by atoms with Gasteiger partial charge in [0.1, 0.15) is 6.04 Å². The van der Waals surface area contributed by atoms with E-state index in [9.17, 15) is 30.0 Å². The molecule has 9 heteroatoms. The molecule has 0 heterocycles. The van der Waals surface area contributed by atoms with Gasteiger partial charge in [0.2, 0.25) is 11.8 Å². The molecule has 0 saturated carbocycles. The number of rotatable bonds is 10. The zero-order chi connectivity index (χ0) is 22.1. The minimum absolute atomic E-state index is 0.0380. The Morgan fingerprint density at radius 2 is 1.53 bits per heavy atom. The van der Waals surface area contributed by atoms with Crippen LogP contribution in [0.3, 0.4) is 0 Å². The summed E-state index contributed by atoms with van der Waals surface area (Å²) in [6.07, 6.45) is 2.78. The summed E-state index contributed by atoms with van der Waals surface area (Å²) in [5, 5.41) is 43.3. The van der Waals surface area contributed by atoms with Gasteiger partial charge in [-0.25, -0.2) is 0 Å². The highest BCUT2D eigenvalue weighted by atomic mass is 32.2. The Hall–Kier alpha value is -3.07. The Morgan fingerprint density at radius 3 is 2.13 bits per heavy atom. The van der Waals surface area contributed by atoms with Crippen LogP contribution >= 0.6 is 11.8 Å². The van der Waals surface area contributed by atoms with Gasteiger partial charge in [0, 0.05) is 6.54 Å². The van der Waals surface area contributed by atoms with Crippen LogP contribution in [0.4, 0.5) is 0 Å². The molecule has 0 fully saturated rings. The van der Waals surface area contributed by atoms with Crippen molar-refractivity contribution in [2.45, 2.75) is 25.3 Å². The lowest BCUT2D eigenvalue weighted by atomic mass is 10.1. The van der Waals surface area contributed by atoms with E-state index < -0.39 is 6.04 Å². The zero-order valence-corrected chi connectivity index (χ0v) is 17.4. The third-order valence-electron chi connectivity index (χ3n) is 4.42. The molecule has 6 N–H and O–H groups in total. The lowest BCUT2D eigenvalue weighted by Crippen LogP contribution is -2.48. The quantitative estimate of drug-likeness (QED) is 0.313. The highest BCUT2D eigenvalue weighted by molar-refractivity contribution is 7.98. The van der Waals surface area contributed by atoms with Crippen molar-refractivity contribution in [3.05, 3.63) is 47.5 Å². The molecule has 0 aliphatic heterocycles. The van der Waals surface area contributed by atoms with Crippen LogP contribution in [-0.4, -0.2) is 56.8 Å². The van der Waals surface area contributed by atoms with E-state index in [1.54, 1.807) is 17.8 Å². The molecule has 0 aromatic heterocycles. The fourth-order valence-corrected chi connectivity index (χ4v) is 3.26. The topological polar surface area (TPSA) is 139 Å². The number of nitrogens with one attached hydrogen (secondary N) is 2. The monoisotopic (exact) mass is 434 g/mol. The summed E-state index contributed by atoms with van der Waals surface area (Å²) in [5.41, 5.74) is 1.27. The fraction of sp³-hybridized carbons (Fsp3) is 0.333. The average molecular weight is 435 g/mol. The van der Waals surface area contributed by atoms with E-state index >= 15 is 0 Å². The molecule has 0 unspecified atom stereocenters. The maximum Gasteiger partial charge on any atom is 0.242 e. The van der Waals surface area contributed by atoms with Crippen molar-refractivity contribution < 1.29 is 30.0 Å². The Balaban J connectivity index is 1.90. The molecule has 0 spiro atoms.